The highest BCUT2D eigenvalue weighted by atomic mass is 79.9. The van der Waals surface area contributed by atoms with Crippen molar-refractivity contribution in [3.05, 3.63) is 22.2 Å². The number of anilines is 1. The number of H-pyrrole nitrogens is 1. The van der Waals surface area contributed by atoms with Gasteiger partial charge in [-0.1, -0.05) is 6.92 Å². The summed E-state index contributed by atoms with van der Waals surface area (Å²) in [6.07, 6.45) is 0.813. The molecule has 0 aliphatic rings. The number of benzene rings is 1. The number of ether oxygens (including phenoxy) is 1. The van der Waals surface area contributed by atoms with Crippen LogP contribution in [0.25, 0.3) is 11.3 Å². The molecule has 1 heterocycles. The third-order valence-electron chi connectivity index (χ3n) is 2.74. The minimum Gasteiger partial charge on any atom is -0.504 e. The molecule has 5 nitrogen and oxygen atoms in total. The van der Waals surface area contributed by atoms with Gasteiger partial charge in [0.05, 0.1) is 18.4 Å². The molecule has 96 valence electrons. The Kier molecular flexibility index (Phi) is 3.47. The second kappa shape index (κ2) is 4.89. The number of aromatic nitrogens is 2. The molecule has 0 unspecified atom stereocenters. The van der Waals surface area contributed by atoms with Gasteiger partial charge < -0.3 is 15.6 Å². The molecule has 0 atom stereocenters. The first kappa shape index (κ1) is 12.8. The zero-order valence-electron chi connectivity index (χ0n) is 10.1. The first-order chi connectivity index (χ1) is 8.58. The number of nitrogens with two attached hydrogens (primary N) is 1. The monoisotopic (exact) mass is 311 g/mol. The Morgan fingerprint density at radius 3 is 2.72 bits per heavy atom. The Morgan fingerprint density at radius 2 is 2.22 bits per heavy atom. The van der Waals surface area contributed by atoms with Crippen molar-refractivity contribution in [2.24, 2.45) is 0 Å². The Morgan fingerprint density at radius 1 is 1.50 bits per heavy atom. The number of nitrogen functional groups attached to an aromatic ring is 1. The van der Waals surface area contributed by atoms with Gasteiger partial charge in [0.1, 0.15) is 5.82 Å². The van der Waals surface area contributed by atoms with Crippen LogP contribution in [0.1, 0.15) is 12.5 Å². The number of nitrogens with zero attached hydrogens (tertiary/aromatic N) is 1. The van der Waals surface area contributed by atoms with E-state index in [1.54, 1.807) is 6.07 Å². The van der Waals surface area contributed by atoms with Gasteiger partial charge in [-0.3, -0.25) is 5.10 Å². The molecule has 0 fully saturated rings. The number of hydrogen-bond acceptors (Lipinski definition) is 4. The zero-order valence-corrected chi connectivity index (χ0v) is 11.7. The maximum absolute atomic E-state index is 10.2. The number of rotatable bonds is 3. The summed E-state index contributed by atoms with van der Waals surface area (Å²) in [4.78, 5) is 0. The average molecular weight is 312 g/mol. The molecule has 0 saturated carbocycles. The summed E-state index contributed by atoms with van der Waals surface area (Å²) in [7, 11) is 1.52. The van der Waals surface area contributed by atoms with E-state index in [1.807, 2.05) is 13.0 Å². The predicted octanol–water partition coefficient (Wildman–Crippen LogP) is 2.70. The van der Waals surface area contributed by atoms with E-state index < -0.39 is 0 Å². The van der Waals surface area contributed by atoms with E-state index in [9.17, 15) is 5.11 Å². The second-order valence-electron chi connectivity index (χ2n) is 3.84. The normalized spacial score (nSPS) is 10.6. The number of aromatic hydroxyl groups is 1. The summed E-state index contributed by atoms with van der Waals surface area (Å²) in [5, 5.41) is 16.9. The van der Waals surface area contributed by atoms with Crippen molar-refractivity contribution in [1.29, 1.82) is 0 Å². The molecule has 6 heteroatoms. The molecule has 1 aromatic heterocycles. The maximum Gasteiger partial charge on any atom is 0.168 e. The molecule has 0 aliphatic heterocycles. The molecule has 0 saturated heterocycles. The van der Waals surface area contributed by atoms with E-state index in [4.69, 9.17) is 10.5 Å². The van der Waals surface area contributed by atoms with E-state index in [2.05, 4.69) is 26.1 Å². The summed E-state index contributed by atoms with van der Waals surface area (Å²) in [5.74, 6) is 0.862. The fourth-order valence-electron chi connectivity index (χ4n) is 1.80. The Labute approximate surface area is 113 Å². The Hall–Kier alpha value is -1.69. The molecular formula is C12H14BrN3O2. The van der Waals surface area contributed by atoms with Crippen molar-refractivity contribution in [3.63, 3.8) is 0 Å². The van der Waals surface area contributed by atoms with Crippen LogP contribution < -0.4 is 10.5 Å². The highest BCUT2D eigenvalue weighted by Crippen LogP contribution is 2.44. The summed E-state index contributed by atoms with van der Waals surface area (Å²) < 4.78 is 5.99. The molecule has 0 aliphatic carbocycles. The molecule has 0 spiro atoms. The van der Waals surface area contributed by atoms with Gasteiger partial charge in [0.2, 0.25) is 0 Å². The van der Waals surface area contributed by atoms with Crippen LogP contribution in [-0.2, 0) is 6.42 Å². The van der Waals surface area contributed by atoms with Gasteiger partial charge >= 0.3 is 0 Å². The standard InChI is InChI=1S/C12H14BrN3O2/c1-3-6-4-8(18-2)12(17)10(11(6)13)7-5-9(14)16-15-7/h4-5,17H,3H2,1-2H3,(H3,14,15,16). The van der Waals surface area contributed by atoms with Crippen LogP contribution in [0.15, 0.2) is 16.6 Å². The first-order valence-corrected chi connectivity index (χ1v) is 6.27. The Bertz CT molecular complexity index is 553. The van der Waals surface area contributed by atoms with E-state index in [-0.39, 0.29) is 5.75 Å². The zero-order chi connectivity index (χ0) is 13.3. The molecule has 18 heavy (non-hydrogen) atoms. The predicted molar refractivity (Wildman–Crippen MR) is 73.7 cm³/mol. The van der Waals surface area contributed by atoms with Gasteiger partial charge in [0, 0.05) is 10.5 Å². The lowest BCUT2D eigenvalue weighted by Gasteiger charge is -2.13. The number of halogens is 1. The van der Waals surface area contributed by atoms with Crippen LogP contribution in [0.4, 0.5) is 5.82 Å². The Balaban J connectivity index is 2.71. The number of aryl methyl sites for hydroxylation is 1. The highest BCUT2D eigenvalue weighted by molar-refractivity contribution is 9.10. The lowest BCUT2D eigenvalue weighted by atomic mass is 10.0. The number of phenols is 1. The second-order valence-corrected chi connectivity index (χ2v) is 4.63. The minimum absolute atomic E-state index is 0.0604. The highest BCUT2D eigenvalue weighted by Gasteiger charge is 2.19. The van der Waals surface area contributed by atoms with E-state index in [0.717, 1.165) is 16.5 Å². The van der Waals surface area contributed by atoms with Gasteiger partial charge in [-0.2, -0.15) is 5.10 Å². The summed E-state index contributed by atoms with van der Waals surface area (Å²) in [5.41, 5.74) is 7.87. The van der Waals surface area contributed by atoms with Crippen molar-refractivity contribution in [2.45, 2.75) is 13.3 Å². The first-order valence-electron chi connectivity index (χ1n) is 5.48. The number of phenolic OH excluding ortho intramolecular Hbond substituents is 1. The third-order valence-corrected chi connectivity index (χ3v) is 3.65. The third kappa shape index (κ3) is 2.03. The van der Waals surface area contributed by atoms with Crippen LogP contribution in [0.2, 0.25) is 0 Å². The SMILES string of the molecule is CCc1cc(OC)c(O)c(-c2cc(N)n[nH]2)c1Br. The van der Waals surface area contributed by atoms with Crippen LogP contribution >= 0.6 is 15.9 Å². The summed E-state index contributed by atoms with van der Waals surface area (Å²) in [6, 6.07) is 3.47. The summed E-state index contributed by atoms with van der Waals surface area (Å²) >= 11 is 3.50. The molecule has 0 radical (unpaired) electrons. The topological polar surface area (TPSA) is 84.2 Å². The molecule has 1 aromatic carbocycles. The lowest BCUT2D eigenvalue weighted by Crippen LogP contribution is -1.93. The van der Waals surface area contributed by atoms with Gasteiger partial charge in [0.25, 0.3) is 0 Å². The molecule has 4 N–H and O–H groups in total. The van der Waals surface area contributed by atoms with Gasteiger partial charge in [-0.15, -0.1) is 0 Å². The number of nitrogens with one attached hydrogen (secondary N) is 1. The maximum atomic E-state index is 10.2. The molecule has 2 aromatic rings. The molecule has 0 amide bonds. The van der Waals surface area contributed by atoms with E-state index in [1.165, 1.54) is 7.11 Å². The molecular weight excluding hydrogens is 298 g/mol. The van der Waals surface area contributed by atoms with Crippen LogP contribution in [0.5, 0.6) is 11.5 Å². The number of aromatic amines is 1. The van der Waals surface area contributed by atoms with Gasteiger partial charge in [0.15, 0.2) is 11.5 Å². The average Bonchev–Trinajstić information content (AvgIpc) is 2.76. The van der Waals surface area contributed by atoms with Crippen molar-refractivity contribution in [1.82, 2.24) is 10.2 Å². The largest absolute Gasteiger partial charge is 0.504 e. The van der Waals surface area contributed by atoms with E-state index in [0.29, 0.717) is 22.8 Å². The van der Waals surface area contributed by atoms with E-state index >= 15 is 0 Å². The van der Waals surface area contributed by atoms with Crippen LogP contribution in [0, 0.1) is 0 Å². The number of methoxy groups -OCH3 is 1. The fraction of sp³-hybridized carbons (Fsp3) is 0.250. The minimum atomic E-state index is 0.0604. The molecule has 0 bridgehead atoms. The number of hydrogen-bond donors (Lipinski definition) is 3. The van der Waals surface area contributed by atoms with Crippen molar-refractivity contribution < 1.29 is 9.84 Å². The quantitative estimate of drug-likeness (QED) is 0.813. The van der Waals surface area contributed by atoms with Crippen molar-refractivity contribution in [3.8, 4) is 22.8 Å². The fourth-order valence-corrected chi connectivity index (χ4v) is 2.60. The lowest BCUT2D eigenvalue weighted by molar-refractivity contribution is 0.373. The van der Waals surface area contributed by atoms with Crippen molar-refractivity contribution in [2.75, 3.05) is 12.8 Å². The smallest absolute Gasteiger partial charge is 0.168 e. The van der Waals surface area contributed by atoms with Crippen LogP contribution in [0.3, 0.4) is 0 Å². The summed E-state index contributed by atoms with van der Waals surface area (Å²) in [6.45, 7) is 2.03. The van der Waals surface area contributed by atoms with Gasteiger partial charge in [-0.05, 0) is 34.0 Å². The van der Waals surface area contributed by atoms with Gasteiger partial charge in [-0.25, -0.2) is 0 Å². The molecule has 2 rings (SSSR count). The van der Waals surface area contributed by atoms with Crippen molar-refractivity contribution >= 4 is 21.7 Å². The van der Waals surface area contributed by atoms with Crippen LogP contribution in [-0.4, -0.2) is 22.4 Å².